The van der Waals surface area contributed by atoms with E-state index in [0.29, 0.717) is 11.6 Å². The molecule has 3 rings (SSSR count). The number of nitrogens with zero attached hydrogens (tertiary/aromatic N) is 3. The number of nitrogens with one attached hydrogen (secondary N) is 2. The predicted octanol–water partition coefficient (Wildman–Crippen LogP) is 2.69. The Morgan fingerprint density at radius 3 is 2.71 bits per heavy atom. The number of aryl methyl sites for hydroxylation is 2. The summed E-state index contributed by atoms with van der Waals surface area (Å²) in [5, 5.41) is 10.8. The number of H-pyrrole nitrogens is 1. The minimum Gasteiger partial charge on any atom is -0.496 e. The van der Waals surface area contributed by atoms with E-state index in [4.69, 9.17) is 4.74 Å². The lowest BCUT2D eigenvalue weighted by molar-refractivity contribution is 0.416. The molecule has 0 aliphatic rings. The van der Waals surface area contributed by atoms with E-state index in [0.717, 1.165) is 33.5 Å². The van der Waals surface area contributed by atoms with E-state index in [-0.39, 0.29) is 0 Å². The molecule has 0 amide bonds. The van der Waals surface area contributed by atoms with Crippen LogP contribution in [0.5, 0.6) is 5.75 Å². The van der Waals surface area contributed by atoms with Gasteiger partial charge in [0, 0.05) is 12.6 Å². The van der Waals surface area contributed by atoms with Gasteiger partial charge in [-0.15, -0.1) is 0 Å². The standard InChI is InChI=1S/C15H17N5O/c1-8-5-9(2)12(11(6-8)21-4)13-10-7-17-20-14(10)19-15(16-3)18-13/h5-7H,1-4H3,(H2,16,17,18,19,20). The van der Waals surface area contributed by atoms with Crippen LogP contribution in [0.15, 0.2) is 18.3 Å². The van der Waals surface area contributed by atoms with Gasteiger partial charge in [0.05, 0.1) is 24.4 Å². The molecule has 6 heteroatoms. The van der Waals surface area contributed by atoms with Crippen molar-refractivity contribution >= 4 is 17.0 Å². The molecular formula is C15H17N5O. The minimum atomic E-state index is 0.545. The number of aromatic nitrogens is 4. The number of benzene rings is 1. The molecule has 0 radical (unpaired) electrons. The molecule has 0 aliphatic heterocycles. The summed E-state index contributed by atoms with van der Waals surface area (Å²) >= 11 is 0. The summed E-state index contributed by atoms with van der Waals surface area (Å²) in [6.45, 7) is 4.10. The molecule has 0 spiro atoms. The van der Waals surface area contributed by atoms with Crippen LogP contribution >= 0.6 is 0 Å². The number of aromatic amines is 1. The third-order valence-electron chi connectivity index (χ3n) is 3.43. The van der Waals surface area contributed by atoms with Gasteiger partial charge in [-0.05, 0) is 31.0 Å². The second-order valence-corrected chi connectivity index (χ2v) is 4.94. The van der Waals surface area contributed by atoms with Gasteiger partial charge in [-0.2, -0.15) is 10.1 Å². The van der Waals surface area contributed by atoms with Crippen LogP contribution in [-0.2, 0) is 0 Å². The lowest BCUT2D eigenvalue weighted by atomic mass is 10.00. The largest absolute Gasteiger partial charge is 0.496 e. The van der Waals surface area contributed by atoms with Gasteiger partial charge in [0.2, 0.25) is 5.95 Å². The predicted molar refractivity (Wildman–Crippen MR) is 82.7 cm³/mol. The first kappa shape index (κ1) is 13.4. The molecule has 108 valence electrons. The molecule has 6 nitrogen and oxygen atoms in total. The Kier molecular flexibility index (Phi) is 3.21. The Hall–Kier alpha value is -2.63. The normalized spacial score (nSPS) is 10.9. The summed E-state index contributed by atoms with van der Waals surface area (Å²) in [6, 6.07) is 4.13. The molecule has 2 aromatic heterocycles. The fraction of sp³-hybridized carbons (Fsp3) is 0.267. The Bertz CT molecular complexity index is 809. The summed E-state index contributed by atoms with van der Waals surface area (Å²) in [6.07, 6.45) is 1.74. The van der Waals surface area contributed by atoms with Gasteiger partial charge in [0.1, 0.15) is 5.75 Å². The summed E-state index contributed by atoms with van der Waals surface area (Å²) in [5.74, 6) is 1.35. The summed E-state index contributed by atoms with van der Waals surface area (Å²) in [7, 11) is 3.46. The van der Waals surface area contributed by atoms with Crippen molar-refractivity contribution in [1.82, 2.24) is 20.2 Å². The van der Waals surface area contributed by atoms with Gasteiger partial charge in [0.15, 0.2) is 5.65 Å². The number of fused-ring (bicyclic) bond motifs is 1. The van der Waals surface area contributed by atoms with Crippen molar-refractivity contribution in [3.63, 3.8) is 0 Å². The van der Waals surface area contributed by atoms with Gasteiger partial charge in [-0.1, -0.05) is 6.07 Å². The zero-order valence-electron chi connectivity index (χ0n) is 12.5. The molecule has 0 bridgehead atoms. The monoisotopic (exact) mass is 283 g/mol. The zero-order chi connectivity index (χ0) is 15.0. The topological polar surface area (TPSA) is 75.7 Å². The van der Waals surface area contributed by atoms with Crippen LogP contribution in [0, 0.1) is 13.8 Å². The van der Waals surface area contributed by atoms with E-state index in [1.54, 1.807) is 20.4 Å². The first-order valence-corrected chi connectivity index (χ1v) is 6.68. The number of hydrogen-bond acceptors (Lipinski definition) is 5. The van der Waals surface area contributed by atoms with Gasteiger partial charge in [-0.25, -0.2) is 4.98 Å². The average molecular weight is 283 g/mol. The van der Waals surface area contributed by atoms with Crippen molar-refractivity contribution in [1.29, 1.82) is 0 Å². The van der Waals surface area contributed by atoms with Gasteiger partial charge >= 0.3 is 0 Å². The fourth-order valence-electron chi connectivity index (χ4n) is 2.53. The maximum Gasteiger partial charge on any atom is 0.225 e. The minimum absolute atomic E-state index is 0.545. The Labute approximate surface area is 122 Å². The maximum absolute atomic E-state index is 5.55. The van der Waals surface area contributed by atoms with Crippen LogP contribution in [-0.4, -0.2) is 34.3 Å². The van der Waals surface area contributed by atoms with E-state index in [2.05, 4.69) is 38.5 Å². The molecule has 2 heterocycles. The molecular weight excluding hydrogens is 266 g/mol. The molecule has 0 saturated carbocycles. The Morgan fingerprint density at radius 1 is 1.19 bits per heavy atom. The summed E-state index contributed by atoms with van der Waals surface area (Å²) < 4.78 is 5.55. The molecule has 1 aromatic carbocycles. The Balaban J connectivity index is 2.37. The SMILES string of the molecule is CNc1nc(-c2c(C)cc(C)cc2OC)c2cn[nH]c2n1. The highest BCUT2D eigenvalue weighted by Crippen LogP contribution is 2.36. The second kappa shape index (κ2) is 5.05. The van der Waals surface area contributed by atoms with Crippen molar-refractivity contribution in [3.05, 3.63) is 29.5 Å². The summed E-state index contributed by atoms with van der Waals surface area (Å²) in [4.78, 5) is 8.96. The third kappa shape index (κ3) is 2.18. The smallest absolute Gasteiger partial charge is 0.225 e. The molecule has 21 heavy (non-hydrogen) atoms. The van der Waals surface area contributed by atoms with Crippen molar-refractivity contribution in [3.8, 4) is 17.0 Å². The van der Waals surface area contributed by atoms with Crippen LogP contribution in [0.1, 0.15) is 11.1 Å². The van der Waals surface area contributed by atoms with Crippen LogP contribution < -0.4 is 10.1 Å². The maximum atomic E-state index is 5.55. The summed E-state index contributed by atoms with van der Waals surface area (Å²) in [5.41, 5.74) is 4.74. The van der Waals surface area contributed by atoms with Crippen molar-refractivity contribution < 1.29 is 4.74 Å². The van der Waals surface area contributed by atoms with Gasteiger partial charge in [0.25, 0.3) is 0 Å². The van der Waals surface area contributed by atoms with Crippen LogP contribution in [0.25, 0.3) is 22.3 Å². The van der Waals surface area contributed by atoms with Crippen molar-refractivity contribution in [2.75, 3.05) is 19.5 Å². The highest BCUT2D eigenvalue weighted by molar-refractivity contribution is 5.93. The lowest BCUT2D eigenvalue weighted by Crippen LogP contribution is -2.01. The van der Waals surface area contributed by atoms with E-state index in [1.807, 2.05) is 13.0 Å². The van der Waals surface area contributed by atoms with Crippen molar-refractivity contribution in [2.24, 2.45) is 0 Å². The van der Waals surface area contributed by atoms with E-state index in [1.165, 1.54) is 0 Å². The van der Waals surface area contributed by atoms with Crippen LogP contribution in [0.4, 0.5) is 5.95 Å². The average Bonchev–Trinajstić information content (AvgIpc) is 2.93. The van der Waals surface area contributed by atoms with Crippen LogP contribution in [0.3, 0.4) is 0 Å². The molecule has 0 aliphatic carbocycles. The van der Waals surface area contributed by atoms with E-state index >= 15 is 0 Å². The van der Waals surface area contributed by atoms with Crippen molar-refractivity contribution in [2.45, 2.75) is 13.8 Å². The van der Waals surface area contributed by atoms with E-state index in [9.17, 15) is 0 Å². The highest BCUT2D eigenvalue weighted by Gasteiger charge is 2.17. The zero-order valence-corrected chi connectivity index (χ0v) is 12.5. The number of anilines is 1. The molecule has 2 N–H and O–H groups in total. The number of rotatable bonds is 3. The first-order chi connectivity index (χ1) is 10.1. The third-order valence-corrected chi connectivity index (χ3v) is 3.43. The fourth-order valence-corrected chi connectivity index (χ4v) is 2.53. The lowest BCUT2D eigenvalue weighted by Gasteiger charge is -2.14. The second-order valence-electron chi connectivity index (χ2n) is 4.94. The Morgan fingerprint density at radius 2 is 2.00 bits per heavy atom. The molecule has 0 atom stereocenters. The molecule has 0 fully saturated rings. The van der Waals surface area contributed by atoms with Gasteiger partial charge < -0.3 is 10.1 Å². The van der Waals surface area contributed by atoms with Crippen LogP contribution in [0.2, 0.25) is 0 Å². The molecule has 3 aromatic rings. The molecule has 0 saturated heterocycles. The molecule has 0 unspecified atom stereocenters. The van der Waals surface area contributed by atoms with E-state index < -0.39 is 0 Å². The number of methoxy groups -OCH3 is 1. The van der Waals surface area contributed by atoms with Gasteiger partial charge in [-0.3, -0.25) is 5.10 Å². The highest BCUT2D eigenvalue weighted by atomic mass is 16.5. The number of hydrogen-bond donors (Lipinski definition) is 2. The number of ether oxygens (including phenoxy) is 1. The quantitative estimate of drug-likeness (QED) is 0.773. The first-order valence-electron chi connectivity index (χ1n) is 6.68.